The topological polar surface area (TPSA) is 104 Å². The van der Waals surface area contributed by atoms with Crippen LogP contribution in [-0.2, 0) is 26.1 Å². The number of ketones is 1. The van der Waals surface area contributed by atoms with Gasteiger partial charge in [-0.15, -0.1) is 0 Å². The lowest BCUT2D eigenvalue weighted by Gasteiger charge is -2.10. The highest BCUT2D eigenvalue weighted by molar-refractivity contribution is 7.89. The monoisotopic (exact) mass is 484 g/mol. The lowest BCUT2D eigenvalue weighted by atomic mass is 10.1. The zero-order valence-corrected chi connectivity index (χ0v) is 20.2. The molecule has 0 fully saturated rings. The maximum Gasteiger partial charge on any atom is 0.307 e. The van der Waals surface area contributed by atoms with Gasteiger partial charge in [0.25, 0.3) is 0 Å². The largest absolute Gasteiger partial charge is 0.497 e. The normalized spacial score (nSPS) is 11.3. The Labute approximate surface area is 199 Å². The highest BCUT2D eigenvalue weighted by atomic mass is 32.2. The van der Waals surface area contributed by atoms with E-state index < -0.39 is 22.6 Å². The molecule has 9 heteroatoms. The van der Waals surface area contributed by atoms with E-state index >= 15 is 0 Å². The molecule has 0 spiro atoms. The minimum absolute atomic E-state index is 0.0581. The molecule has 0 radical (unpaired) electrons. The van der Waals surface area contributed by atoms with Gasteiger partial charge in [0.1, 0.15) is 5.75 Å². The van der Waals surface area contributed by atoms with Crippen molar-refractivity contribution in [1.82, 2.24) is 9.29 Å². The highest BCUT2D eigenvalue weighted by Gasteiger charge is 2.18. The molecular weight excluding hydrogens is 456 g/mol. The molecule has 0 aliphatic rings. The van der Waals surface area contributed by atoms with Crippen molar-refractivity contribution in [3.8, 4) is 5.75 Å². The van der Waals surface area contributed by atoms with Crippen molar-refractivity contribution in [1.29, 1.82) is 0 Å². The maximum absolute atomic E-state index is 12.6. The SMILES string of the molecule is COc1ccc(S(=O)(=O)NCCC(=O)OCC(=O)c2cc(C)n(Cc3ccccc3)c2C)cc1. The summed E-state index contributed by atoms with van der Waals surface area (Å²) in [6, 6.07) is 17.6. The van der Waals surface area contributed by atoms with E-state index in [9.17, 15) is 18.0 Å². The number of carbonyl (C=O) groups is 2. The van der Waals surface area contributed by atoms with Gasteiger partial charge < -0.3 is 14.0 Å². The summed E-state index contributed by atoms with van der Waals surface area (Å²) in [5.74, 6) is -0.434. The van der Waals surface area contributed by atoms with Crippen LogP contribution in [-0.4, -0.2) is 45.0 Å². The summed E-state index contributed by atoms with van der Waals surface area (Å²) in [5.41, 5.74) is 3.35. The van der Waals surface area contributed by atoms with E-state index in [1.54, 1.807) is 6.07 Å². The Morgan fingerprint density at radius 1 is 1.00 bits per heavy atom. The minimum Gasteiger partial charge on any atom is -0.497 e. The predicted octanol–water partition coefficient (Wildman–Crippen LogP) is 3.26. The van der Waals surface area contributed by atoms with Gasteiger partial charge in [0, 0.05) is 30.0 Å². The van der Waals surface area contributed by atoms with Crippen LogP contribution in [0.4, 0.5) is 0 Å². The van der Waals surface area contributed by atoms with Gasteiger partial charge in [0.15, 0.2) is 6.61 Å². The number of nitrogens with one attached hydrogen (secondary N) is 1. The Balaban J connectivity index is 1.50. The zero-order valence-electron chi connectivity index (χ0n) is 19.4. The fraction of sp³-hybridized carbons (Fsp3) is 0.280. The summed E-state index contributed by atoms with van der Waals surface area (Å²) in [6.07, 6.45) is -0.199. The van der Waals surface area contributed by atoms with Gasteiger partial charge in [0.05, 0.1) is 18.4 Å². The lowest BCUT2D eigenvalue weighted by Crippen LogP contribution is -2.27. The van der Waals surface area contributed by atoms with E-state index in [-0.39, 0.29) is 23.6 Å². The second kappa shape index (κ2) is 11.1. The summed E-state index contributed by atoms with van der Waals surface area (Å²) in [6.45, 7) is 3.87. The second-order valence-electron chi connectivity index (χ2n) is 7.76. The van der Waals surface area contributed by atoms with Crippen LogP contribution in [0.5, 0.6) is 5.75 Å². The molecule has 0 amide bonds. The molecule has 3 rings (SSSR count). The van der Waals surface area contributed by atoms with E-state index in [0.717, 1.165) is 17.0 Å². The first-order valence-corrected chi connectivity index (χ1v) is 12.2. The lowest BCUT2D eigenvalue weighted by molar-refractivity contribution is -0.142. The van der Waals surface area contributed by atoms with E-state index in [2.05, 4.69) is 4.72 Å². The quantitative estimate of drug-likeness (QED) is 0.331. The zero-order chi connectivity index (χ0) is 24.7. The summed E-state index contributed by atoms with van der Waals surface area (Å²) in [7, 11) is -2.28. The van der Waals surface area contributed by atoms with E-state index in [1.165, 1.54) is 31.4 Å². The number of rotatable bonds is 11. The van der Waals surface area contributed by atoms with Crippen LogP contribution in [0.2, 0.25) is 0 Å². The molecule has 1 heterocycles. The average Bonchev–Trinajstić information content (AvgIpc) is 3.11. The first-order valence-electron chi connectivity index (χ1n) is 10.7. The van der Waals surface area contributed by atoms with E-state index in [4.69, 9.17) is 9.47 Å². The highest BCUT2D eigenvalue weighted by Crippen LogP contribution is 2.18. The first-order chi connectivity index (χ1) is 16.2. The number of Topliss-reactive ketones (excluding diaryl/α,β-unsaturated/α-hetero) is 1. The van der Waals surface area contributed by atoms with Crippen molar-refractivity contribution in [2.24, 2.45) is 0 Å². The number of sulfonamides is 1. The number of hydrogen-bond acceptors (Lipinski definition) is 6. The number of methoxy groups -OCH3 is 1. The molecule has 0 aliphatic carbocycles. The number of carbonyl (C=O) groups excluding carboxylic acids is 2. The number of aromatic nitrogens is 1. The summed E-state index contributed by atoms with van der Waals surface area (Å²) < 4.78 is 39.1. The fourth-order valence-corrected chi connectivity index (χ4v) is 4.55. The van der Waals surface area contributed by atoms with Gasteiger partial charge in [-0.05, 0) is 49.7 Å². The number of hydrogen-bond donors (Lipinski definition) is 1. The molecule has 180 valence electrons. The second-order valence-corrected chi connectivity index (χ2v) is 9.53. The molecule has 8 nitrogen and oxygen atoms in total. The Morgan fingerprint density at radius 2 is 1.68 bits per heavy atom. The van der Waals surface area contributed by atoms with Crippen LogP contribution in [0.1, 0.15) is 33.7 Å². The number of aryl methyl sites for hydroxylation is 1. The van der Waals surface area contributed by atoms with Gasteiger partial charge in [-0.3, -0.25) is 9.59 Å². The predicted molar refractivity (Wildman–Crippen MR) is 128 cm³/mol. The number of nitrogens with zero attached hydrogens (tertiary/aromatic N) is 1. The molecular formula is C25H28N2O6S. The molecule has 0 bridgehead atoms. The molecule has 0 aliphatic heterocycles. The molecule has 0 unspecified atom stereocenters. The number of benzene rings is 2. The first kappa shape index (κ1) is 25.2. The van der Waals surface area contributed by atoms with E-state index in [0.29, 0.717) is 17.9 Å². The van der Waals surface area contributed by atoms with Gasteiger partial charge in [-0.2, -0.15) is 0 Å². The minimum atomic E-state index is -3.77. The Morgan fingerprint density at radius 3 is 2.32 bits per heavy atom. The van der Waals surface area contributed by atoms with Crippen LogP contribution in [0.25, 0.3) is 0 Å². The molecule has 0 saturated carbocycles. The molecule has 2 aromatic carbocycles. The van der Waals surface area contributed by atoms with Crippen LogP contribution < -0.4 is 9.46 Å². The van der Waals surface area contributed by atoms with Crippen molar-refractivity contribution in [3.63, 3.8) is 0 Å². The smallest absolute Gasteiger partial charge is 0.307 e. The Bertz CT molecular complexity index is 1250. The van der Waals surface area contributed by atoms with Crippen LogP contribution in [0.3, 0.4) is 0 Å². The van der Waals surface area contributed by atoms with Gasteiger partial charge in [0.2, 0.25) is 15.8 Å². The summed E-state index contributed by atoms with van der Waals surface area (Å²) in [4.78, 5) is 24.8. The van der Waals surface area contributed by atoms with Crippen molar-refractivity contribution in [2.45, 2.75) is 31.7 Å². The van der Waals surface area contributed by atoms with Crippen LogP contribution in [0.15, 0.2) is 65.6 Å². The fourth-order valence-electron chi connectivity index (χ4n) is 3.51. The van der Waals surface area contributed by atoms with Gasteiger partial charge in [-0.25, -0.2) is 13.1 Å². The average molecular weight is 485 g/mol. The Hall–Kier alpha value is -3.43. The standard InChI is InChI=1S/C25H28N2O6S/c1-18-15-23(19(2)27(18)16-20-7-5-4-6-8-20)24(28)17-33-25(29)13-14-26-34(30,31)22-11-9-21(32-3)10-12-22/h4-12,15,26H,13-14,16-17H2,1-3H3. The van der Waals surface area contributed by atoms with E-state index in [1.807, 2.05) is 48.7 Å². The molecule has 0 atom stereocenters. The molecule has 34 heavy (non-hydrogen) atoms. The van der Waals surface area contributed by atoms with Crippen molar-refractivity contribution in [2.75, 3.05) is 20.3 Å². The van der Waals surface area contributed by atoms with Gasteiger partial charge in [-0.1, -0.05) is 30.3 Å². The summed E-state index contributed by atoms with van der Waals surface area (Å²) in [5, 5.41) is 0. The third-order valence-electron chi connectivity index (χ3n) is 5.41. The number of esters is 1. The van der Waals surface area contributed by atoms with Crippen molar-refractivity contribution in [3.05, 3.63) is 83.2 Å². The molecule has 0 saturated heterocycles. The molecule has 1 aromatic heterocycles. The molecule has 3 aromatic rings. The maximum atomic E-state index is 12.6. The van der Waals surface area contributed by atoms with Crippen molar-refractivity contribution >= 4 is 21.8 Å². The number of ether oxygens (including phenoxy) is 2. The van der Waals surface area contributed by atoms with Crippen LogP contribution >= 0.6 is 0 Å². The van der Waals surface area contributed by atoms with Crippen molar-refractivity contribution < 1.29 is 27.5 Å². The third kappa shape index (κ3) is 6.33. The summed E-state index contributed by atoms with van der Waals surface area (Å²) >= 11 is 0. The van der Waals surface area contributed by atoms with Gasteiger partial charge >= 0.3 is 5.97 Å². The molecule has 1 N–H and O–H groups in total. The van der Waals surface area contributed by atoms with Crippen LogP contribution in [0, 0.1) is 13.8 Å². The third-order valence-corrected chi connectivity index (χ3v) is 6.89. The Kier molecular flexibility index (Phi) is 8.25.